The number of carboxylic acid groups (broad SMARTS) is 2. The van der Waals surface area contributed by atoms with Gasteiger partial charge in [-0.15, -0.1) is 11.8 Å². The fraction of sp³-hybridized carbons (Fsp3) is 0.682. The van der Waals surface area contributed by atoms with Gasteiger partial charge in [0.1, 0.15) is 17.1 Å². The van der Waals surface area contributed by atoms with Gasteiger partial charge in [-0.3, -0.25) is 24.3 Å². The minimum absolute atomic E-state index is 0.0507. The molecule has 2 heterocycles. The smallest absolute Gasteiger partial charge is 0.352 e. The number of carbonyl (C=O) groups is 4. The molecule has 12 nitrogen and oxygen atoms in total. The van der Waals surface area contributed by atoms with E-state index in [4.69, 9.17) is 15.6 Å². The highest BCUT2D eigenvalue weighted by Crippen LogP contribution is 2.47. The van der Waals surface area contributed by atoms with E-state index in [-0.39, 0.29) is 25.0 Å². The fourth-order valence-corrected chi connectivity index (χ4v) is 6.19. The number of carboxylic acids is 2. The number of aliphatic imine (C=N–C) groups is 1. The number of β-lactam (4-membered cyclic amide) rings is 1. The molecule has 202 valence electrons. The zero-order valence-electron chi connectivity index (χ0n) is 20.7. The van der Waals surface area contributed by atoms with Gasteiger partial charge in [-0.05, 0) is 31.3 Å². The highest BCUT2D eigenvalue weighted by Gasteiger charge is 2.66. The maximum Gasteiger partial charge on any atom is 0.352 e. The summed E-state index contributed by atoms with van der Waals surface area (Å²) >= 11 is 2.71. The van der Waals surface area contributed by atoms with Crippen molar-refractivity contribution in [2.24, 2.45) is 10.7 Å². The highest BCUT2D eigenvalue weighted by molar-refractivity contribution is 8.14. The molecule has 1 unspecified atom stereocenters. The van der Waals surface area contributed by atoms with Crippen LogP contribution in [0.3, 0.4) is 0 Å². The molecule has 1 fully saturated rings. The van der Waals surface area contributed by atoms with Crippen molar-refractivity contribution in [3.05, 3.63) is 11.3 Å². The number of thioether (sulfide) groups is 2. The lowest BCUT2D eigenvalue weighted by molar-refractivity contribution is -0.192. The van der Waals surface area contributed by atoms with Gasteiger partial charge in [-0.2, -0.15) is 0 Å². The summed E-state index contributed by atoms with van der Waals surface area (Å²) in [7, 11) is 1.28. The zero-order valence-corrected chi connectivity index (χ0v) is 22.4. The lowest BCUT2D eigenvalue weighted by atomic mass is 9.98. The third kappa shape index (κ3) is 6.93. The molecule has 0 spiro atoms. The molecule has 6 N–H and O–H groups in total. The van der Waals surface area contributed by atoms with E-state index < -0.39 is 40.9 Å². The summed E-state index contributed by atoms with van der Waals surface area (Å²) in [6.07, 6.45) is 2.07. The molecule has 0 saturated carbocycles. The van der Waals surface area contributed by atoms with Gasteiger partial charge in [0.2, 0.25) is 5.91 Å². The lowest BCUT2D eigenvalue weighted by Gasteiger charge is -2.55. The number of fused-ring (bicyclic) bond motifs is 1. The third-order valence-electron chi connectivity index (χ3n) is 5.58. The van der Waals surface area contributed by atoms with Crippen molar-refractivity contribution in [1.82, 2.24) is 15.5 Å². The van der Waals surface area contributed by atoms with Crippen molar-refractivity contribution in [1.29, 1.82) is 0 Å². The number of carbonyl (C=O) groups excluding carboxylic acids is 2. The Labute approximate surface area is 218 Å². The molecule has 2 aliphatic heterocycles. The minimum atomic E-state index is -1.69. The van der Waals surface area contributed by atoms with Crippen LogP contribution >= 0.6 is 23.5 Å². The summed E-state index contributed by atoms with van der Waals surface area (Å²) < 4.78 is 5.43. The van der Waals surface area contributed by atoms with Gasteiger partial charge >= 0.3 is 11.9 Å². The molecule has 14 heteroatoms. The van der Waals surface area contributed by atoms with Crippen LogP contribution in [0.5, 0.6) is 0 Å². The summed E-state index contributed by atoms with van der Waals surface area (Å²) in [6.45, 7) is 5.47. The molecule has 2 aliphatic rings. The summed E-state index contributed by atoms with van der Waals surface area (Å²) in [5.41, 5.74) is 4.25. The first-order chi connectivity index (χ1) is 17.1. The molecule has 2 rings (SSSR count). The molecule has 1 saturated heterocycles. The monoisotopic (exact) mass is 545 g/mol. The van der Waals surface area contributed by atoms with E-state index >= 15 is 0 Å². The normalized spacial score (nSPS) is 22.6. The van der Waals surface area contributed by atoms with Crippen LogP contribution in [-0.2, 0) is 23.9 Å². The molecule has 0 bridgehead atoms. The van der Waals surface area contributed by atoms with Crippen molar-refractivity contribution in [2.75, 3.05) is 31.7 Å². The van der Waals surface area contributed by atoms with Crippen molar-refractivity contribution >= 4 is 52.4 Å². The second kappa shape index (κ2) is 13.9. The van der Waals surface area contributed by atoms with Crippen LogP contribution in [0.2, 0.25) is 0 Å². The third-order valence-corrected chi connectivity index (χ3v) is 8.00. The van der Waals surface area contributed by atoms with Crippen LogP contribution in [0.15, 0.2) is 16.3 Å². The van der Waals surface area contributed by atoms with Gasteiger partial charge in [0.25, 0.3) is 11.6 Å². The number of hydrogen-bond acceptors (Lipinski definition) is 9. The van der Waals surface area contributed by atoms with E-state index in [0.29, 0.717) is 23.6 Å². The predicted octanol–water partition coefficient (Wildman–Crippen LogP) is 0.780. The molecule has 0 aromatic rings. The number of amides is 2. The number of nitrogens with zero attached hydrogens (tertiary/aromatic N) is 2. The number of nitrogens with one attached hydrogen (secondary N) is 2. The average molecular weight is 546 g/mol. The van der Waals surface area contributed by atoms with Crippen molar-refractivity contribution in [3.63, 3.8) is 0 Å². The molecule has 0 aliphatic carbocycles. The van der Waals surface area contributed by atoms with Crippen LogP contribution < -0.4 is 16.4 Å². The standard InChI is InChI=1S/C22H35N5O7S2/c1-4-9-24-21(25-10-5-2)36-12-13-11-35-20-22(34-3,19(33)27(20)16(13)18(31)32)26-15(28)8-6-7-14(23)17(29)30/h14,20H,4-12,23H2,1-3H3,(H,24,25)(H,26,28)(H,29,30)(H,31,32)/t14?,20-,22-/m0/s1. The Balaban J connectivity index is 2.12. The Kier molecular flexibility index (Phi) is 11.5. The Hall–Kier alpha value is -2.29. The second-order valence-electron chi connectivity index (χ2n) is 8.32. The van der Waals surface area contributed by atoms with Gasteiger partial charge in [-0.1, -0.05) is 25.6 Å². The molecular weight excluding hydrogens is 510 g/mol. The van der Waals surface area contributed by atoms with E-state index in [2.05, 4.69) is 15.6 Å². The van der Waals surface area contributed by atoms with Gasteiger partial charge in [-0.25, -0.2) is 4.79 Å². The van der Waals surface area contributed by atoms with Crippen molar-refractivity contribution in [3.8, 4) is 0 Å². The van der Waals surface area contributed by atoms with Crippen LogP contribution in [0.4, 0.5) is 0 Å². The van der Waals surface area contributed by atoms with E-state index in [1.54, 1.807) is 0 Å². The number of amidine groups is 1. The Bertz CT molecular complexity index is 913. The van der Waals surface area contributed by atoms with E-state index in [0.717, 1.165) is 24.6 Å². The maximum atomic E-state index is 13.2. The number of rotatable bonds is 14. The first-order valence-electron chi connectivity index (χ1n) is 11.8. The molecule has 36 heavy (non-hydrogen) atoms. The summed E-state index contributed by atoms with van der Waals surface area (Å²) in [4.78, 5) is 54.4. The highest BCUT2D eigenvalue weighted by atomic mass is 32.2. The topological polar surface area (TPSA) is 184 Å². The Morgan fingerprint density at radius 3 is 2.64 bits per heavy atom. The summed E-state index contributed by atoms with van der Waals surface area (Å²) in [6, 6.07) is -1.08. The van der Waals surface area contributed by atoms with Crippen LogP contribution in [-0.4, -0.2) is 92.9 Å². The van der Waals surface area contributed by atoms with Gasteiger partial charge in [0.05, 0.1) is 0 Å². The van der Waals surface area contributed by atoms with Gasteiger partial charge < -0.3 is 31.3 Å². The molecular formula is C22H35N5O7S2. The number of hydrogen-bond donors (Lipinski definition) is 5. The predicted molar refractivity (Wildman–Crippen MR) is 138 cm³/mol. The van der Waals surface area contributed by atoms with Crippen LogP contribution in [0, 0.1) is 0 Å². The molecule has 0 radical (unpaired) electrons. The summed E-state index contributed by atoms with van der Waals surface area (Å²) in [5.74, 6) is -2.87. The Morgan fingerprint density at radius 2 is 2.06 bits per heavy atom. The second-order valence-corrected chi connectivity index (χ2v) is 10.4. The number of nitrogens with two attached hydrogens (primary N) is 1. The van der Waals surface area contributed by atoms with Crippen molar-refractivity contribution < 1.29 is 34.1 Å². The largest absolute Gasteiger partial charge is 0.480 e. The number of ether oxygens (including phenoxy) is 1. The molecule has 2 amide bonds. The fourth-order valence-electron chi connectivity index (χ4n) is 3.68. The van der Waals surface area contributed by atoms with Gasteiger partial charge in [0, 0.05) is 38.1 Å². The lowest BCUT2D eigenvalue weighted by Crippen LogP contribution is -2.80. The first-order valence-corrected chi connectivity index (χ1v) is 13.8. The van der Waals surface area contributed by atoms with Crippen molar-refractivity contribution in [2.45, 2.75) is 63.1 Å². The van der Waals surface area contributed by atoms with E-state index in [1.807, 2.05) is 13.8 Å². The average Bonchev–Trinajstić information content (AvgIpc) is 2.85. The van der Waals surface area contributed by atoms with Crippen LogP contribution in [0.1, 0.15) is 46.0 Å². The maximum absolute atomic E-state index is 13.2. The zero-order chi connectivity index (χ0) is 26.9. The Morgan fingerprint density at radius 1 is 1.33 bits per heavy atom. The molecule has 0 aromatic carbocycles. The first kappa shape index (κ1) is 29.9. The quantitative estimate of drug-likeness (QED) is 0.0899. The number of methoxy groups -OCH3 is 1. The van der Waals surface area contributed by atoms with Gasteiger partial charge in [0.15, 0.2) is 5.17 Å². The van der Waals surface area contributed by atoms with E-state index in [1.165, 1.54) is 35.5 Å². The van der Waals surface area contributed by atoms with E-state index in [9.17, 15) is 24.3 Å². The summed E-state index contributed by atoms with van der Waals surface area (Å²) in [5, 5.41) is 24.6. The number of aliphatic carboxylic acids is 2. The van der Waals surface area contributed by atoms with Crippen LogP contribution in [0.25, 0.3) is 0 Å². The SMILES string of the molecule is CCCN=C(NCCC)SCC1=C(C(=O)O)N2C(=O)[C@](NC(=O)CCCC(N)C(=O)O)(OC)[C@@H]2SC1. The molecule has 3 atom stereocenters. The molecule has 0 aromatic heterocycles. The minimum Gasteiger partial charge on any atom is -0.480 e.